The molecule has 2 aromatic carbocycles. The minimum absolute atomic E-state index is 0.339. The summed E-state index contributed by atoms with van der Waals surface area (Å²) in [5.74, 6) is -0.677. The first-order valence-corrected chi connectivity index (χ1v) is 7.85. The van der Waals surface area contributed by atoms with Crippen molar-refractivity contribution >= 4 is 57.0 Å². The average molecular weight is 492 g/mol. The van der Waals surface area contributed by atoms with Crippen LogP contribution in [0.15, 0.2) is 48.5 Å². The van der Waals surface area contributed by atoms with E-state index in [4.69, 9.17) is 0 Å². The van der Waals surface area contributed by atoms with Crippen molar-refractivity contribution in [2.24, 2.45) is 0 Å². The third kappa shape index (κ3) is 3.69. The van der Waals surface area contributed by atoms with Gasteiger partial charge in [0.25, 0.3) is 11.8 Å². The van der Waals surface area contributed by atoms with Crippen molar-refractivity contribution in [3.05, 3.63) is 66.8 Å². The van der Waals surface area contributed by atoms with Crippen LogP contribution in [-0.2, 0) is 0 Å². The van der Waals surface area contributed by atoms with Gasteiger partial charge in [0.15, 0.2) is 0 Å². The normalized spacial score (nSPS) is 9.90. The van der Waals surface area contributed by atoms with E-state index in [1.807, 2.05) is 24.3 Å². The van der Waals surface area contributed by atoms with Gasteiger partial charge in [0.1, 0.15) is 0 Å². The summed E-state index contributed by atoms with van der Waals surface area (Å²) < 4.78 is 1.65. The fraction of sp³-hybridized carbons (Fsp3) is 0. The minimum atomic E-state index is -0.339. The molecule has 2 rings (SSSR count). The number of amides is 2. The Balaban J connectivity index is 2.03. The number of hydrogen-bond donors (Lipinski definition) is 2. The molecule has 4 nitrogen and oxygen atoms in total. The van der Waals surface area contributed by atoms with Gasteiger partial charge in [0.2, 0.25) is 0 Å². The monoisotopic (exact) mass is 492 g/mol. The number of hydrazine groups is 1. The molecule has 0 heterocycles. The van der Waals surface area contributed by atoms with Gasteiger partial charge in [0.05, 0.1) is 11.1 Å². The number of nitrogens with one attached hydrogen (secondary N) is 2. The highest BCUT2D eigenvalue weighted by atomic mass is 127. The van der Waals surface area contributed by atoms with Crippen molar-refractivity contribution in [1.29, 1.82) is 0 Å². The zero-order valence-corrected chi connectivity index (χ0v) is 14.5. The summed E-state index contributed by atoms with van der Waals surface area (Å²) in [5, 5.41) is 0. The van der Waals surface area contributed by atoms with Crippen LogP contribution in [0.2, 0.25) is 0 Å². The zero-order valence-electron chi connectivity index (χ0n) is 10.2. The van der Waals surface area contributed by atoms with Gasteiger partial charge in [-0.05, 0) is 69.4 Å². The highest BCUT2D eigenvalue weighted by molar-refractivity contribution is 14.1. The van der Waals surface area contributed by atoms with E-state index in [1.165, 1.54) is 0 Å². The standard InChI is InChI=1S/C14H10I2N2O2/c15-11-7-3-1-5-9(11)13(19)17-18-14(20)10-6-2-4-8-12(10)16/h1-8H,(H,17,19)(H,18,20). The number of rotatable bonds is 2. The maximum absolute atomic E-state index is 12.0. The van der Waals surface area contributed by atoms with Gasteiger partial charge in [-0.15, -0.1) is 0 Å². The Morgan fingerprint density at radius 1 is 0.700 bits per heavy atom. The molecule has 0 aliphatic rings. The van der Waals surface area contributed by atoms with Crippen LogP contribution in [0.4, 0.5) is 0 Å². The number of halogens is 2. The molecule has 0 unspecified atom stereocenters. The maximum Gasteiger partial charge on any atom is 0.270 e. The second-order valence-corrected chi connectivity index (χ2v) is 6.19. The summed E-state index contributed by atoms with van der Waals surface area (Å²) in [6, 6.07) is 14.3. The number of hydrogen-bond acceptors (Lipinski definition) is 2. The fourth-order valence-electron chi connectivity index (χ4n) is 1.54. The molecule has 2 amide bonds. The summed E-state index contributed by atoms with van der Waals surface area (Å²) in [6.07, 6.45) is 0. The third-order valence-electron chi connectivity index (χ3n) is 2.53. The summed E-state index contributed by atoms with van der Waals surface area (Å²) in [4.78, 5) is 23.9. The van der Waals surface area contributed by atoms with Gasteiger partial charge in [-0.3, -0.25) is 20.4 Å². The van der Waals surface area contributed by atoms with Gasteiger partial charge in [-0.1, -0.05) is 24.3 Å². The molecular formula is C14H10I2N2O2. The molecular weight excluding hydrogens is 482 g/mol. The topological polar surface area (TPSA) is 58.2 Å². The lowest BCUT2D eigenvalue weighted by atomic mass is 10.2. The molecule has 0 bridgehead atoms. The molecule has 0 radical (unpaired) electrons. The van der Waals surface area contributed by atoms with Crippen LogP contribution in [0, 0.1) is 7.14 Å². The molecule has 20 heavy (non-hydrogen) atoms. The molecule has 0 fully saturated rings. The highest BCUT2D eigenvalue weighted by Gasteiger charge is 2.12. The van der Waals surface area contributed by atoms with E-state index in [-0.39, 0.29) is 11.8 Å². The predicted octanol–water partition coefficient (Wildman–Crippen LogP) is 2.97. The van der Waals surface area contributed by atoms with Crippen LogP contribution in [-0.4, -0.2) is 11.8 Å². The fourth-order valence-corrected chi connectivity index (χ4v) is 2.80. The molecule has 102 valence electrons. The lowest BCUT2D eigenvalue weighted by Crippen LogP contribution is -2.42. The number of carbonyl (C=O) groups is 2. The molecule has 2 aromatic rings. The van der Waals surface area contributed by atoms with Crippen molar-refractivity contribution in [3.8, 4) is 0 Å². The summed E-state index contributed by atoms with van der Waals surface area (Å²) >= 11 is 4.15. The second-order valence-electron chi connectivity index (χ2n) is 3.87. The van der Waals surface area contributed by atoms with Crippen LogP contribution >= 0.6 is 45.2 Å². The minimum Gasteiger partial charge on any atom is -0.267 e. The van der Waals surface area contributed by atoms with Crippen molar-refractivity contribution < 1.29 is 9.59 Å². The van der Waals surface area contributed by atoms with Gasteiger partial charge in [-0.2, -0.15) is 0 Å². The SMILES string of the molecule is O=C(NNC(=O)c1ccccc1I)c1ccccc1I. The van der Waals surface area contributed by atoms with Gasteiger partial charge < -0.3 is 0 Å². The van der Waals surface area contributed by atoms with Crippen LogP contribution in [0.5, 0.6) is 0 Å². The second kappa shape index (κ2) is 7.02. The highest BCUT2D eigenvalue weighted by Crippen LogP contribution is 2.12. The average Bonchev–Trinajstić information content (AvgIpc) is 2.45. The van der Waals surface area contributed by atoms with Crippen molar-refractivity contribution in [2.45, 2.75) is 0 Å². The van der Waals surface area contributed by atoms with E-state index in [9.17, 15) is 9.59 Å². The Morgan fingerprint density at radius 3 is 1.40 bits per heavy atom. The smallest absolute Gasteiger partial charge is 0.267 e. The summed E-state index contributed by atoms with van der Waals surface area (Å²) in [6.45, 7) is 0. The van der Waals surface area contributed by atoms with Crippen molar-refractivity contribution in [2.75, 3.05) is 0 Å². The summed E-state index contributed by atoms with van der Waals surface area (Å²) in [7, 11) is 0. The molecule has 0 spiro atoms. The Labute approximate surface area is 143 Å². The quantitative estimate of drug-likeness (QED) is 0.501. The lowest BCUT2D eigenvalue weighted by molar-refractivity contribution is 0.0845. The first-order chi connectivity index (χ1) is 9.59. The molecule has 0 saturated heterocycles. The number of carbonyl (C=O) groups excluding carboxylic acids is 2. The molecule has 0 atom stereocenters. The van der Waals surface area contributed by atoms with Crippen LogP contribution in [0.25, 0.3) is 0 Å². The van der Waals surface area contributed by atoms with E-state index < -0.39 is 0 Å². The van der Waals surface area contributed by atoms with Crippen LogP contribution < -0.4 is 10.9 Å². The Kier molecular flexibility index (Phi) is 5.35. The predicted molar refractivity (Wildman–Crippen MR) is 93.3 cm³/mol. The molecule has 0 aromatic heterocycles. The first kappa shape index (κ1) is 15.2. The van der Waals surface area contributed by atoms with E-state index in [1.54, 1.807) is 24.3 Å². The van der Waals surface area contributed by atoms with E-state index >= 15 is 0 Å². The lowest BCUT2D eigenvalue weighted by Gasteiger charge is -2.09. The molecule has 6 heteroatoms. The number of benzene rings is 2. The van der Waals surface area contributed by atoms with E-state index in [0.29, 0.717) is 11.1 Å². The van der Waals surface area contributed by atoms with Gasteiger partial charge >= 0.3 is 0 Å². The largest absolute Gasteiger partial charge is 0.270 e. The Bertz CT molecular complexity index is 602. The Morgan fingerprint density at radius 2 is 1.05 bits per heavy atom. The molecule has 0 aliphatic heterocycles. The summed E-state index contributed by atoms with van der Waals surface area (Å²) in [5.41, 5.74) is 5.89. The molecule has 0 saturated carbocycles. The van der Waals surface area contributed by atoms with Gasteiger partial charge in [-0.25, -0.2) is 0 Å². The zero-order chi connectivity index (χ0) is 14.5. The first-order valence-electron chi connectivity index (χ1n) is 5.69. The van der Waals surface area contributed by atoms with Crippen LogP contribution in [0.1, 0.15) is 20.7 Å². The molecule has 2 N–H and O–H groups in total. The van der Waals surface area contributed by atoms with Crippen LogP contribution in [0.3, 0.4) is 0 Å². The van der Waals surface area contributed by atoms with Crippen molar-refractivity contribution in [1.82, 2.24) is 10.9 Å². The van der Waals surface area contributed by atoms with Gasteiger partial charge in [0, 0.05) is 7.14 Å². The van der Waals surface area contributed by atoms with Crippen molar-refractivity contribution in [3.63, 3.8) is 0 Å². The maximum atomic E-state index is 12.0. The van der Waals surface area contributed by atoms with E-state index in [0.717, 1.165) is 7.14 Å². The molecule has 0 aliphatic carbocycles. The van der Waals surface area contributed by atoms with E-state index in [2.05, 4.69) is 56.0 Å². The Hall–Kier alpha value is -1.16. The third-order valence-corrected chi connectivity index (χ3v) is 4.41.